The van der Waals surface area contributed by atoms with Crippen LogP contribution in [0.25, 0.3) is 10.8 Å². The maximum absolute atomic E-state index is 11.6. The van der Waals surface area contributed by atoms with Crippen LogP contribution in [0.3, 0.4) is 0 Å². The van der Waals surface area contributed by atoms with E-state index in [9.17, 15) is 29.9 Å². The number of carbonyl (C=O) groups excluding carboxylic acids is 1. The van der Waals surface area contributed by atoms with Crippen molar-refractivity contribution >= 4 is 37.4 Å². The maximum atomic E-state index is 11.6. The largest absolute Gasteiger partial charge is 0.504 e. The lowest BCUT2D eigenvalue weighted by Gasteiger charge is -2.12. The summed E-state index contributed by atoms with van der Waals surface area (Å²) in [4.78, 5) is 31.7. The molecular formula is C15H15NO7Si. The average molecular weight is 349 g/mol. The van der Waals surface area contributed by atoms with Gasteiger partial charge in [-0.3, -0.25) is 14.9 Å². The molecule has 2 radical (unpaired) electrons. The summed E-state index contributed by atoms with van der Waals surface area (Å²) < 4.78 is 5.04. The molecule has 0 amide bonds. The van der Waals surface area contributed by atoms with Gasteiger partial charge >= 0.3 is 5.97 Å². The van der Waals surface area contributed by atoms with E-state index in [2.05, 4.69) is 0 Å². The highest BCUT2D eigenvalue weighted by atomic mass is 28.2. The normalized spacial score (nSPS) is 11.0. The molecular weight excluding hydrogens is 334 g/mol. The van der Waals surface area contributed by atoms with Gasteiger partial charge in [-0.1, -0.05) is 13.8 Å². The maximum Gasteiger partial charge on any atom is 0.308 e. The summed E-state index contributed by atoms with van der Waals surface area (Å²) in [5, 5.41) is 31.4. The number of phenolic OH excluding ortho intramolecular Hbond substituents is 2. The highest BCUT2D eigenvalue weighted by Crippen LogP contribution is 2.32. The van der Waals surface area contributed by atoms with Gasteiger partial charge in [0.05, 0.1) is 16.4 Å². The first-order valence-corrected chi connectivity index (χ1v) is 7.93. The van der Waals surface area contributed by atoms with Crippen LogP contribution in [0, 0.1) is 16.0 Å². The van der Waals surface area contributed by atoms with E-state index in [1.54, 1.807) is 13.8 Å². The Labute approximate surface area is 139 Å². The van der Waals surface area contributed by atoms with Gasteiger partial charge in [0.2, 0.25) is 0 Å². The van der Waals surface area contributed by atoms with Gasteiger partial charge in [0.1, 0.15) is 6.61 Å². The molecule has 0 aromatic heterocycles. The first-order valence-electron chi connectivity index (χ1n) is 6.99. The second-order valence-electron chi connectivity index (χ2n) is 5.45. The van der Waals surface area contributed by atoms with E-state index in [4.69, 9.17) is 4.74 Å². The number of nitro groups is 1. The molecule has 0 unspecified atom stereocenters. The van der Waals surface area contributed by atoms with Crippen molar-refractivity contribution in [2.24, 2.45) is 5.92 Å². The van der Waals surface area contributed by atoms with Crippen LogP contribution in [0.2, 0.25) is 0 Å². The molecule has 0 spiro atoms. The minimum absolute atomic E-state index is 0.0661. The van der Waals surface area contributed by atoms with Crippen molar-refractivity contribution in [3.8, 4) is 11.5 Å². The summed E-state index contributed by atoms with van der Waals surface area (Å²) in [5.74, 6) is -1.84. The molecule has 0 atom stereocenters. The summed E-state index contributed by atoms with van der Waals surface area (Å²) >= 11 is 0. The van der Waals surface area contributed by atoms with Crippen LogP contribution in [0.15, 0.2) is 18.2 Å². The van der Waals surface area contributed by atoms with Crippen LogP contribution in [0.1, 0.15) is 19.4 Å². The van der Waals surface area contributed by atoms with E-state index >= 15 is 0 Å². The van der Waals surface area contributed by atoms with Crippen LogP contribution in [-0.4, -0.2) is 35.7 Å². The Balaban J connectivity index is 2.60. The first-order chi connectivity index (χ1) is 11.3. The second kappa shape index (κ2) is 6.85. The molecule has 0 aliphatic heterocycles. The fourth-order valence-electron chi connectivity index (χ4n) is 2.17. The summed E-state index contributed by atoms with van der Waals surface area (Å²) in [5.41, 5.74) is -0.151. The third-order valence-corrected chi connectivity index (χ3v) is 4.17. The number of aromatic hydroxyl groups is 2. The summed E-state index contributed by atoms with van der Waals surface area (Å²) in [6.07, 6.45) is 0. The predicted octanol–water partition coefficient (Wildman–Crippen LogP) is 1.10. The zero-order chi connectivity index (χ0) is 18.0. The Hall–Kier alpha value is -2.65. The van der Waals surface area contributed by atoms with E-state index in [0.29, 0.717) is 5.39 Å². The molecule has 126 valence electrons. The van der Waals surface area contributed by atoms with E-state index in [1.165, 1.54) is 18.2 Å². The van der Waals surface area contributed by atoms with Crippen molar-refractivity contribution < 1.29 is 29.5 Å². The lowest BCUT2D eigenvalue weighted by atomic mass is 10.0. The van der Waals surface area contributed by atoms with Crippen molar-refractivity contribution in [3.05, 3.63) is 33.9 Å². The monoisotopic (exact) mass is 349 g/mol. The summed E-state index contributed by atoms with van der Waals surface area (Å²) in [6, 6.07) is 3.75. The summed E-state index contributed by atoms with van der Waals surface area (Å²) in [6.45, 7) is 2.98. The fraction of sp³-hybridized carbons (Fsp3) is 0.267. The first kappa shape index (κ1) is 17.7. The van der Waals surface area contributed by atoms with Gasteiger partial charge in [0, 0.05) is 11.3 Å². The van der Waals surface area contributed by atoms with Gasteiger partial charge in [-0.05, 0) is 22.9 Å². The minimum Gasteiger partial charge on any atom is -0.504 e. The van der Waals surface area contributed by atoms with Crippen molar-refractivity contribution in [2.45, 2.75) is 20.5 Å². The Morgan fingerprint density at radius 3 is 2.54 bits per heavy atom. The standard InChI is InChI=1S/C15H15NO7Si/c1-7(2)15(19)23-6-9-3-10-8(4-11(9)16(20)21)5-12(17)13(18)14(10)24-22/h3-5,7,17-18,22H,6H2,1-2H3. The van der Waals surface area contributed by atoms with Crippen LogP contribution in [0.5, 0.6) is 11.5 Å². The molecule has 9 heteroatoms. The number of carbonyl (C=O) groups is 1. The van der Waals surface area contributed by atoms with Crippen molar-refractivity contribution in [1.82, 2.24) is 0 Å². The number of benzene rings is 2. The van der Waals surface area contributed by atoms with Gasteiger partial charge < -0.3 is 19.7 Å². The average Bonchev–Trinajstić information content (AvgIpc) is 2.53. The Morgan fingerprint density at radius 2 is 2.00 bits per heavy atom. The molecule has 0 saturated heterocycles. The molecule has 0 heterocycles. The van der Waals surface area contributed by atoms with Gasteiger partial charge in [-0.15, -0.1) is 0 Å². The van der Waals surface area contributed by atoms with Crippen LogP contribution in [-0.2, 0) is 16.1 Å². The number of rotatable bonds is 5. The van der Waals surface area contributed by atoms with Gasteiger partial charge in [-0.2, -0.15) is 0 Å². The van der Waals surface area contributed by atoms with Crippen LogP contribution < -0.4 is 5.19 Å². The zero-order valence-corrected chi connectivity index (χ0v) is 13.9. The van der Waals surface area contributed by atoms with Gasteiger partial charge in [0.25, 0.3) is 15.5 Å². The fourth-order valence-corrected chi connectivity index (χ4v) is 2.74. The number of nitrogens with zero attached hydrogens (tertiary/aromatic N) is 1. The van der Waals surface area contributed by atoms with Gasteiger partial charge in [-0.25, -0.2) is 0 Å². The SMILES string of the molecule is CC(C)C(=O)OCc1cc2c([Si]O)c(O)c(O)cc2cc1[N+](=O)[O-]. The molecule has 2 aromatic carbocycles. The number of phenols is 2. The molecule has 0 aliphatic rings. The lowest BCUT2D eigenvalue weighted by Crippen LogP contribution is -2.16. The smallest absolute Gasteiger partial charge is 0.308 e. The molecule has 2 aromatic rings. The Kier molecular flexibility index (Phi) is 5.05. The van der Waals surface area contributed by atoms with Gasteiger partial charge in [0.15, 0.2) is 11.5 Å². The molecule has 0 bridgehead atoms. The highest BCUT2D eigenvalue weighted by molar-refractivity contribution is 6.52. The Bertz CT molecular complexity index is 819. The van der Waals surface area contributed by atoms with E-state index in [1.807, 2.05) is 0 Å². The third-order valence-electron chi connectivity index (χ3n) is 3.44. The van der Waals surface area contributed by atoms with E-state index < -0.39 is 32.2 Å². The molecule has 8 nitrogen and oxygen atoms in total. The Morgan fingerprint density at radius 1 is 1.33 bits per heavy atom. The zero-order valence-electron chi connectivity index (χ0n) is 12.9. The quantitative estimate of drug-likeness (QED) is 0.242. The van der Waals surface area contributed by atoms with E-state index in [-0.39, 0.29) is 34.3 Å². The summed E-state index contributed by atoms with van der Waals surface area (Å²) in [7, 11) is -0.827. The molecule has 24 heavy (non-hydrogen) atoms. The number of hydrogen-bond acceptors (Lipinski definition) is 7. The molecule has 0 saturated carbocycles. The second-order valence-corrected chi connectivity index (χ2v) is 6.18. The number of hydrogen-bond donors (Lipinski definition) is 3. The number of nitro benzene ring substituents is 1. The van der Waals surface area contributed by atoms with E-state index in [0.717, 1.165) is 0 Å². The number of fused-ring (bicyclic) bond motifs is 1. The molecule has 0 fully saturated rings. The van der Waals surface area contributed by atoms with Crippen molar-refractivity contribution in [3.63, 3.8) is 0 Å². The topological polar surface area (TPSA) is 130 Å². The molecule has 2 rings (SSSR count). The van der Waals surface area contributed by atoms with Crippen molar-refractivity contribution in [1.29, 1.82) is 0 Å². The third kappa shape index (κ3) is 3.31. The highest BCUT2D eigenvalue weighted by Gasteiger charge is 2.21. The molecule has 3 N–H and O–H groups in total. The molecule has 0 aliphatic carbocycles. The van der Waals surface area contributed by atoms with Crippen LogP contribution in [0.4, 0.5) is 5.69 Å². The minimum atomic E-state index is -0.827. The van der Waals surface area contributed by atoms with Crippen LogP contribution >= 0.6 is 0 Å². The lowest BCUT2D eigenvalue weighted by molar-refractivity contribution is -0.385. The predicted molar refractivity (Wildman–Crippen MR) is 86.2 cm³/mol. The number of ether oxygens (including phenoxy) is 1. The number of esters is 1. The van der Waals surface area contributed by atoms with Crippen molar-refractivity contribution in [2.75, 3.05) is 0 Å².